The molecule has 1 fully saturated rings. The molecule has 2 rings (SSSR count). The lowest BCUT2D eigenvalue weighted by molar-refractivity contribution is 0.0221. The van der Waals surface area contributed by atoms with Crippen LogP contribution in [0.4, 0.5) is 0 Å². The molecular weight excluding hydrogens is 242 g/mol. The molecule has 4 nitrogen and oxygen atoms in total. The Morgan fingerprint density at radius 2 is 2.05 bits per heavy atom. The SMILES string of the molecule is CC1(C)C(NCC(O)COCc2ccco2)C1(C)C. The summed E-state index contributed by atoms with van der Waals surface area (Å²) >= 11 is 0. The Bertz CT molecular complexity index is 384. The number of hydrogen-bond acceptors (Lipinski definition) is 4. The first-order chi connectivity index (χ1) is 8.85. The van der Waals surface area contributed by atoms with Gasteiger partial charge < -0.3 is 19.6 Å². The minimum Gasteiger partial charge on any atom is -0.467 e. The lowest BCUT2D eigenvalue weighted by Gasteiger charge is -2.13. The van der Waals surface area contributed by atoms with Crippen LogP contribution in [0.25, 0.3) is 0 Å². The van der Waals surface area contributed by atoms with Gasteiger partial charge in [-0.05, 0) is 23.0 Å². The zero-order valence-electron chi connectivity index (χ0n) is 12.3. The van der Waals surface area contributed by atoms with Crippen LogP contribution in [0.15, 0.2) is 22.8 Å². The van der Waals surface area contributed by atoms with Crippen molar-refractivity contribution >= 4 is 0 Å². The van der Waals surface area contributed by atoms with Gasteiger partial charge in [-0.15, -0.1) is 0 Å². The van der Waals surface area contributed by atoms with Gasteiger partial charge in [-0.3, -0.25) is 0 Å². The molecule has 1 aromatic heterocycles. The first kappa shape index (κ1) is 14.6. The van der Waals surface area contributed by atoms with Crippen molar-refractivity contribution in [1.82, 2.24) is 5.32 Å². The van der Waals surface area contributed by atoms with Crippen molar-refractivity contribution in [3.63, 3.8) is 0 Å². The molecule has 19 heavy (non-hydrogen) atoms. The van der Waals surface area contributed by atoms with Crippen molar-refractivity contribution in [2.24, 2.45) is 10.8 Å². The summed E-state index contributed by atoms with van der Waals surface area (Å²) < 4.78 is 10.6. The van der Waals surface area contributed by atoms with E-state index in [-0.39, 0.29) is 0 Å². The van der Waals surface area contributed by atoms with Gasteiger partial charge in [0.2, 0.25) is 0 Å². The van der Waals surface area contributed by atoms with Crippen molar-refractivity contribution in [2.75, 3.05) is 13.2 Å². The topological polar surface area (TPSA) is 54.6 Å². The molecule has 0 bridgehead atoms. The fraction of sp³-hybridized carbons (Fsp3) is 0.733. The highest BCUT2D eigenvalue weighted by Crippen LogP contribution is 2.62. The molecule has 4 heteroatoms. The van der Waals surface area contributed by atoms with E-state index < -0.39 is 6.10 Å². The predicted octanol–water partition coefficient (Wildman–Crippen LogP) is 2.18. The maximum atomic E-state index is 9.88. The van der Waals surface area contributed by atoms with E-state index >= 15 is 0 Å². The maximum absolute atomic E-state index is 9.88. The third-order valence-corrected chi connectivity index (χ3v) is 4.71. The second-order valence-corrected chi connectivity index (χ2v) is 6.53. The number of aliphatic hydroxyl groups excluding tert-OH is 1. The van der Waals surface area contributed by atoms with Crippen LogP contribution in [0.3, 0.4) is 0 Å². The van der Waals surface area contributed by atoms with Gasteiger partial charge in [-0.1, -0.05) is 27.7 Å². The number of nitrogens with one attached hydrogen (secondary N) is 1. The monoisotopic (exact) mass is 267 g/mol. The van der Waals surface area contributed by atoms with Gasteiger partial charge in [0.1, 0.15) is 12.4 Å². The van der Waals surface area contributed by atoms with Gasteiger partial charge >= 0.3 is 0 Å². The fourth-order valence-electron chi connectivity index (χ4n) is 2.71. The second-order valence-electron chi connectivity index (χ2n) is 6.53. The Morgan fingerprint density at radius 3 is 2.58 bits per heavy atom. The first-order valence-corrected chi connectivity index (χ1v) is 6.87. The van der Waals surface area contributed by atoms with Crippen LogP contribution in [-0.2, 0) is 11.3 Å². The molecule has 0 radical (unpaired) electrons. The molecule has 0 spiro atoms. The number of aliphatic hydroxyl groups is 1. The van der Waals surface area contributed by atoms with Crippen LogP contribution >= 0.6 is 0 Å². The number of ether oxygens (including phenoxy) is 1. The van der Waals surface area contributed by atoms with E-state index in [4.69, 9.17) is 9.15 Å². The number of furan rings is 1. The first-order valence-electron chi connectivity index (χ1n) is 6.87. The fourth-order valence-corrected chi connectivity index (χ4v) is 2.71. The summed E-state index contributed by atoms with van der Waals surface area (Å²) in [6.45, 7) is 10.3. The summed E-state index contributed by atoms with van der Waals surface area (Å²) in [5.74, 6) is 0.782. The summed E-state index contributed by atoms with van der Waals surface area (Å²) in [7, 11) is 0. The minimum absolute atomic E-state index is 0.293. The summed E-state index contributed by atoms with van der Waals surface area (Å²) in [5.41, 5.74) is 0.587. The maximum Gasteiger partial charge on any atom is 0.129 e. The van der Waals surface area contributed by atoms with Crippen molar-refractivity contribution in [3.8, 4) is 0 Å². The molecule has 1 aromatic rings. The average Bonchev–Trinajstić information content (AvgIpc) is 2.74. The van der Waals surface area contributed by atoms with Crippen LogP contribution in [0.5, 0.6) is 0 Å². The van der Waals surface area contributed by atoms with Crippen LogP contribution in [-0.4, -0.2) is 30.4 Å². The molecule has 0 saturated heterocycles. The molecule has 2 N–H and O–H groups in total. The van der Waals surface area contributed by atoms with Gasteiger partial charge in [0.15, 0.2) is 0 Å². The summed E-state index contributed by atoms with van der Waals surface area (Å²) in [5, 5.41) is 13.3. The number of hydrogen-bond donors (Lipinski definition) is 2. The Balaban J connectivity index is 1.62. The molecule has 1 saturated carbocycles. The smallest absolute Gasteiger partial charge is 0.129 e. The molecule has 0 aromatic carbocycles. The average molecular weight is 267 g/mol. The zero-order chi connectivity index (χ0) is 14.1. The normalized spacial score (nSPS) is 22.4. The van der Waals surface area contributed by atoms with Crippen LogP contribution in [0.1, 0.15) is 33.5 Å². The molecule has 0 aliphatic heterocycles. The highest BCUT2D eigenvalue weighted by atomic mass is 16.5. The summed E-state index contributed by atoms with van der Waals surface area (Å²) in [4.78, 5) is 0. The lowest BCUT2D eigenvalue weighted by atomic mass is 10.0. The second kappa shape index (κ2) is 5.27. The quantitative estimate of drug-likeness (QED) is 0.795. The Labute approximate surface area is 115 Å². The summed E-state index contributed by atoms with van der Waals surface area (Å²) in [6, 6.07) is 4.15. The van der Waals surface area contributed by atoms with E-state index in [1.807, 2.05) is 12.1 Å². The molecule has 1 aliphatic carbocycles. The molecular formula is C15H25NO3. The minimum atomic E-state index is -0.484. The van der Waals surface area contributed by atoms with E-state index in [0.29, 0.717) is 36.6 Å². The standard InChI is InChI=1S/C15H25NO3/c1-14(2)13(15(14,3)4)16-8-11(17)9-18-10-12-6-5-7-19-12/h5-7,11,13,16-17H,8-10H2,1-4H3. The predicted molar refractivity (Wildman–Crippen MR) is 73.7 cm³/mol. The Kier molecular flexibility index (Phi) is 4.04. The van der Waals surface area contributed by atoms with Gasteiger partial charge in [0.25, 0.3) is 0 Å². The molecule has 0 amide bonds. The van der Waals surface area contributed by atoms with Crippen LogP contribution in [0.2, 0.25) is 0 Å². The van der Waals surface area contributed by atoms with Crippen LogP contribution < -0.4 is 5.32 Å². The van der Waals surface area contributed by atoms with Gasteiger partial charge in [0, 0.05) is 12.6 Å². The van der Waals surface area contributed by atoms with Gasteiger partial charge in [0.05, 0.1) is 19.0 Å². The van der Waals surface area contributed by atoms with E-state index in [1.165, 1.54) is 0 Å². The molecule has 1 aliphatic rings. The van der Waals surface area contributed by atoms with Crippen LogP contribution in [0, 0.1) is 10.8 Å². The number of rotatable bonds is 7. The Hall–Kier alpha value is -0.840. The van der Waals surface area contributed by atoms with Crippen molar-refractivity contribution < 1.29 is 14.3 Å². The van der Waals surface area contributed by atoms with Gasteiger partial charge in [-0.2, -0.15) is 0 Å². The largest absolute Gasteiger partial charge is 0.467 e. The van der Waals surface area contributed by atoms with Crippen molar-refractivity contribution in [3.05, 3.63) is 24.2 Å². The zero-order valence-corrected chi connectivity index (χ0v) is 12.3. The summed E-state index contributed by atoms with van der Waals surface area (Å²) in [6.07, 6.45) is 1.13. The molecule has 1 heterocycles. The van der Waals surface area contributed by atoms with Gasteiger partial charge in [-0.25, -0.2) is 0 Å². The highest BCUT2D eigenvalue weighted by molar-refractivity contribution is 5.17. The Morgan fingerprint density at radius 1 is 1.37 bits per heavy atom. The molecule has 1 unspecified atom stereocenters. The molecule has 1 atom stereocenters. The van der Waals surface area contributed by atoms with E-state index in [9.17, 15) is 5.11 Å². The highest BCUT2D eigenvalue weighted by Gasteiger charge is 2.64. The third kappa shape index (κ3) is 3.02. The van der Waals surface area contributed by atoms with E-state index in [0.717, 1.165) is 5.76 Å². The van der Waals surface area contributed by atoms with E-state index in [1.54, 1.807) is 6.26 Å². The third-order valence-electron chi connectivity index (χ3n) is 4.71. The lowest BCUT2D eigenvalue weighted by Crippen LogP contribution is -2.34. The van der Waals surface area contributed by atoms with E-state index in [2.05, 4.69) is 33.0 Å². The van der Waals surface area contributed by atoms with Crippen molar-refractivity contribution in [1.29, 1.82) is 0 Å². The van der Waals surface area contributed by atoms with Crippen molar-refractivity contribution in [2.45, 2.75) is 46.4 Å². The molecule has 108 valence electrons.